The first-order valence-corrected chi connectivity index (χ1v) is 7.09. The molecule has 0 aliphatic rings. The van der Waals surface area contributed by atoms with E-state index >= 15 is 0 Å². The molecule has 0 saturated carbocycles. The highest BCUT2D eigenvalue weighted by molar-refractivity contribution is 7.08. The molecule has 2 rings (SSSR count). The van der Waals surface area contributed by atoms with Crippen molar-refractivity contribution in [2.45, 2.75) is 26.8 Å². The van der Waals surface area contributed by atoms with E-state index < -0.39 is 0 Å². The van der Waals surface area contributed by atoms with E-state index in [0.29, 0.717) is 0 Å². The molecule has 1 heterocycles. The number of rotatable bonds is 4. The summed E-state index contributed by atoms with van der Waals surface area (Å²) in [6, 6.07) is 5.31. The van der Waals surface area contributed by atoms with Gasteiger partial charge in [0.2, 0.25) is 0 Å². The van der Waals surface area contributed by atoms with E-state index in [4.69, 9.17) is 0 Å². The highest BCUT2D eigenvalue weighted by Crippen LogP contribution is 2.28. The van der Waals surface area contributed by atoms with Gasteiger partial charge in [-0.15, -0.1) is 0 Å². The second-order valence-electron chi connectivity index (χ2n) is 4.56. The summed E-state index contributed by atoms with van der Waals surface area (Å²) in [6.45, 7) is 6.95. The topological polar surface area (TPSA) is 12.0 Å². The molecule has 0 fully saturated rings. The lowest BCUT2D eigenvalue weighted by molar-refractivity contribution is 0.601. The molecule has 18 heavy (non-hydrogen) atoms. The van der Waals surface area contributed by atoms with E-state index in [9.17, 15) is 4.39 Å². The average Bonchev–Trinajstić information content (AvgIpc) is 2.71. The zero-order chi connectivity index (χ0) is 13.1. The van der Waals surface area contributed by atoms with E-state index in [1.165, 1.54) is 11.1 Å². The Morgan fingerprint density at radius 2 is 2.00 bits per heavy atom. The summed E-state index contributed by atoms with van der Waals surface area (Å²) in [6.07, 6.45) is 0. The van der Waals surface area contributed by atoms with Crippen LogP contribution in [-0.4, -0.2) is 6.54 Å². The minimum atomic E-state index is -0.166. The van der Waals surface area contributed by atoms with Gasteiger partial charge in [0, 0.05) is 0 Å². The van der Waals surface area contributed by atoms with Crippen molar-refractivity contribution in [2.24, 2.45) is 0 Å². The molecule has 0 bridgehead atoms. The molecule has 0 spiro atoms. The van der Waals surface area contributed by atoms with Crippen LogP contribution < -0.4 is 5.32 Å². The number of aryl methyl sites for hydroxylation is 2. The second-order valence-corrected chi connectivity index (χ2v) is 5.31. The lowest BCUT2D eigenvalue weighted by atomic mass is 9.97. The van der Waals surface area contributed by atoms with Gasteiger partial charge >= 0.3 is 0 Å². The van der Waals surface area contributed by atoms with Crippen LogP contribution in [0, 0.1) is 19.7 Å². The van der Waals surface area contributed by atoms with Gasteiger partial charge < -0.3 is 5.32 Å². The van der Waals surface area contributed by atoms with Crippen LogP contribution in [0.15, 0.2) is 29.0 Å². The van der Waals surface area contributed by atoms with E-state index in [1.54, 1.807) is 23.5 Å². The summed E-state index contributed by atoms with van der Waals surface area (Å²) >= 11 is 1.69. The fourth-order valence-electron chi connectivity index (χ4n) is 2.21. The van der Waals surface area contributed by atoms with Gasteiger partial charge in [0.05, 0.1) is 6.04 Å². The molecule has 0 saturated heterocycles. The van der Waals surface area contributed by atoms with Crippen LogP contribution in [0.25, 0.3) is 0 Å². The zero-order valence-corrected chi connectivity index (χ0v) is 11.8. The van der Waals surface area contributed by atoms with Gasteiger partial charge in [0.15, 0.2) is 0 Å². The Kier molecular flexibility index (Phi) is 4.15. The van der Waals surface area contributed by atoms with E-state index in [-0.39, 0.29) is 11.9 Å². The normalized spacial score (nSPS) is 12.7. The third-order valence-corrected chi connectivity index (χ3v) is 3.89. The number of thiophene rings is 1. The van der Waals surface area contributed by atoms with Gasteiger partial charge in [-0.1, -0.05) is 13.0 Å². The van der Waals surface area contributed by atoms with Gasteiger partial charge in [-0.05, 0) is 65.5 Å². The Bertz CT molecular complexity index is 513. The van der Waals surface area contributed by atoms with Crippen LogP contribution in [0.1, 0.15) is 35.2 Å². The standard InChI is InChI=1S/C15H18FNS/c1-4-17-15(14-9-18-8-11(14)3)12-5-10(2)6-13(16)7-12/h5-9,15,17H,4H2,1-3H3. The van der Waals surface area contributed by atoms with Crippen molar-refractivity contribution in [2.75, 3.05) is 6.54 Å². The highest BCUT2D eigenvalue weighted by atomic mass is 32.1. The predicted octanol–water partition coefficient (Wildman–Crippen LogP) is 4.20. The van der Waals surface area contributed by atoms with Gasteiger partial charge in [-0.3, -0.25) is 0 Å². The van der Waals surface area contributed by atoms with E-state index in [1.807, 2.05) is 13.0 Å². The van der Waals surface area contributed by atoms with Crippen molar-refractivity contribution in [1.29, 1.82) is 0 Å². The Balaban J connectivity index is 2.44. The molecule has 1 atom stereocenters. The van der Waals surface area contributed by atoms with Crippen molar-refractivity contribution < 1.29 is 4.39 Å². The number of hydrogen-bond donors (Lipinski definition) is 1. The van der Waals surface area contributed by atoms with Gasteiger partial charge in [0.1, 0.15) is 5.82 Å². The van der Waals surface area contributed by atoms with Crippen molar-refractivity contribution in [3.63, 3.8) is 0 Å². The maximum absolute atomic E-state index is 13.5. The number of hydrogen-bond acceptors (Lipinski definition) is 2. The number of benzene rings is 1. The Labute approximate surface area is 112 Å². The Morgan fingerprint density at radius 1 is 1.22 bits per heavy atom. The maximum Gasteiger partial charge on any atom is 0.123 e. The monoisotopic (exact) mass is 263 g/mol. The predicted molar refractivity (Wildman–Crippen MR) is 75.7 cm³/mol. The molecule has 1 aromatic carbocycles. The quantitative estimate of drug-likeness (QED) is 0.871. The summed E-state index contributed by atoms with van der Waals surface area (Å²) in [4.78, 5) is 0. The molecule has 0 aliphatic heterocycles. The summed E-state index contributed by atoms with van der Waals surface area (Å²) in [5.41, 5.74) is 4.45. The first-order chi connectivity index (χ1) is 8.61. The molecule has 0 amide bonds. The molecule has 2 aromatic rings. The van der Waals surface area contributed by atoms with Gasteiger partial charge in [-0.2, -0.15) is 11.3 Å². The van der Waals surface area contributed by atoms with Crippen LogP contribution in [0.2, 0.25) is 0 Å². The van der Waals surface area contributed by atoms with Gasteiger partial charge in [0.25, 0.3) is 0 Å². The summed E-state index contributed by atoms with van der Waals surface area (Å²) in [7, 11) is 0. The summed E-state index contributed by atoms with van der Waals surface area (Å²) < 4.78 is 13.5. The third-order valence-electron chi connectivity index (χ3n) is 3.01. The van der Waals surface area contributed by atoms with Crippen LogP contribution >= 0.6 is 11.3 Å². The van der Waals surface area contributed by atoms with Crippen molar-refractivity contribution in [3.8, 4) is 0 Å². The SMILES string of the molecule is CCNC(c1cc(C)cc(F)c1)c1cscc1C. The number of halogens is 1. The smallest absolute Gasteiger partial charge is 0.123 e. The molecule has 1 aromatic heterocycles. The lowest BCUT2D eigenvalue weighted by Gasteiger charge is -2.19. The Morgan fingerprint density at radius 3 is 2.56 bits per heavy atom. The molecule has 3 heteroatoms. The minimum Gasteiger partial charge on any atom is -0.306 e. The summed E-state index contributed by atoms with van der Waals surface area (Å²) in [5, 5.41) is 7.71. The lowest BCUT2D eigenvalue weighted by Crippen LogP contribution is -2.22. The molecular formula is C15H18FNS. The molecule has 96 valence electrons. The zero-order valence-electron chi connectivity index (χ0n) is 11.0. The first kappa shape index (κ1) is 13.2. The van der Waals surface area contributed by atoms with E-state index in [2.05, 4.69) is 29.9 Å². The molecule has 1 nitrogen and oxygen atoms in total. The minimum absolute atomic E-state index is 0.0793. The largest absolute Gasteiger partial charge is 0.306 e. The number of nitrogens with one attached hydrogen (secondary N) is 1. The maximum atomic E-state index is 13.5. The van der Waals surface area contributed by atoms with Crippen molar-refractivity contribution in [1.82, 2.24) is 5.32 Å². The average molecular weight is 263 g/mol. The second kappa shape index (κ2) is 5.63. The van der Waals surface area contributed by atoms with Crippen molar-refractivity contribution >= 4 is 11.3 Å². The van der Waals surface area contributed by atoms with E-state index in [0.717, 1.165) is 17.7 Å². The molecule has 0 radical (unpaired) electrons. The molecule has 0 aliphatic carbocycles. The van der Waals surface area contributed by atoms with Crippen molar-refractivity contribution in [3.05, 3.63) is 57.0 Å². The molecular weight excluding hydrogens is 245 g/mol. The molecule has 1 N–H and O–H groups in total. The first-order valence-electron chi connectivity index (χ1n) is 6.15. The fourth-order valence-corrected chi connectivity index (χ4v) is 3.09. The van der Waals surface area contributed by atoms with Crippen LogP contribution in [0.3, 0.4) is 0 Å². The third kappa shape index (κ3) is 2.79. The Hall–Kier alpha value is -1.19. The van der Waals surface area contributed by atoms with Crippen LogP contribution in [0.4, 0.5) is 4.39 Å². The van der Waals surface area contributed by atoms with Gasteiger partial charge in [-0.25, -0.2) is 4.39 Å². The highest BCUT2D eigenvalue weighted by Gasteiger charge is 2.16. The summed E-state index contributed by atoms with van der Waals surface area (Å²) in [5.74, 6) is -0.166. The van der Waals surface area contributed by atoms with Crippen LogP contribution in [0.5, 0.6) is 0 Å². The fraction of sp³-hybridized carbons (Fsp3) is 0.333. The van der Waals surface area contributed by atoms with Crippen LogP contribution in [-0.2, 0) is 0 Å². The molecule has 1 unspecified atom stereocenters.